The molecule has 1 aliphatic rings. The van der Waals surface area contributed by atoms with E-state index in [1.165, 1.54) is 0 Å². The molecule has 3 N–H and O–H groups in total. The predicted molar refractivity (Wildman–Crippen MR) is 57.7 cm³/mol. The van der Waals surface area contributed by atoms with E-state index in [2.05, 4.69) is 5.32 Å². The van der Waals surface area contributed by atoms with E-state index >= 15 is 0 Å². The monoisotopic (exact) mass is 215 g/mol. The van der Waals surface area contributed by atoms with Gasteiger partial charge in [-0.1, -0.05) is 0 Å². The third kappa shape index (κ3) is 3.80. The molecule has 1 fully saturated rings. The summed E-state index contributed by atoms with van der Waals surface area (Å²) >= 11 is 0. The van der Waals surface area contributed by atoms with E-state index in [1.54, 1.807) is 0 Å². The van der Waals surface area contributed by atoms with Crippen LogP contribution in [-0.2, 0) is 4.79 Å². The highest BCUT2D eigenvalue weighted by molar-refractivity contribution is 5.70. The van der Waals surface area contributed by atoms with Gasteiger partial charge in [-0.25, -0.2) is 0 Å². The van der Waals surface area contributed by atoms with Gasteiger partial charge >= 0.3 is 5.97 Å². The second kappa shape index (κ2) is 4.10. The molecule has 88 valence electrons. The summed E-state index contributed by atoms with van der Waals surface area (Å²) in [5, 5.41) is 22.2. The first-order valence-corrected chi connectivity index (χ1v) is 5.42. The molecule has 0 aromatic carbocycles. The molecule has 0 heterocycles. The molecule has 0 saturated heterocycles. The van der Waals surface area contributed by atoms with Gasteiger partial charge in [-0.2, -0.15) is 0 Å². The van der Waals surface area contributed by atoms with Gasteiger partial charge in [0.2, 0.25) is 0 Å². The molecule has 15 heavy (non-hydrogen) atoms. The second-order valence-corrected chi connectivity index (χ2v) is 5.61. The fourth-order valence-electron chi connectivity index (χ4n) is 1.91. The van der Waals surface area contributed by atoms with Gasteiger partial charge in [0.05, 0.1) is 11.5 Å². The van der Waals surface area contributed by atoms with Gasteiger partial charge in [-0.05, 0) is 40.0 Å². The average Bonchev–Trinajstić information content (AvgIpc) is 2.45. The van der Waals surface area contributed by atoms with Crippen molar-refractivity contribution in [1.82, 2.24) is 5.32 Å². The topological polar surface area (TPSA) is 69.6 Å². The van der Waals surface area contributed by atoms with E-state index in [4.69, 9.17) is 5.11 Å². The Balaban J connectivity index is 2.45. The molecule has 4 nitrogen and oxygen atoms in total. The maximum Gasteiger partial charge on any atom is 0.306 e. The summed E-state index contributed by atoms with van der Waals surface area (Å²) in [5.74, 6) is -1.17. The van der Waals surface area contributed by atoms with Crippen LogP contribution in [0.2, 0.25) is 0 Å². The standard InChI is InChI=1S/C11H21NO3/c1-10(2,3)12-7-11(15)5-4-8(6-11)9(13)14/h8,12,15H,4-7H2,1-3H3,(H,13,14). The van der Waals surface area contributed by atoms with Crippen LogP contribution in [-0.4, -0.2) is 33.9 Å². The number of carbonyl (C=O) groups is 1. The summed E-state index contributed by atoms with van der Waals surface area (Å²) in [6, 6.07) is 0. The lowest BCUT2D eigenvalue weighted by atomic mass is 9.98. The Kier molecular flexibility index (Phi) is 3.41. The zero-order valence-electron chi connectivity index (χ0n) is 9.71. The van der Waals surface area contributed by atoms with E-state index in [1.807, 2.05) is 20.8 Å². The number of β-amino-alcohol motifs (C(OH)–C–C–N with tert-alkyl or cyclic N) is 1. The Morgan fingerprint density at radius 3 is 2.53 bits per heavy atom. The minimum Gasteiger partial charge on any atom is -0.481 e. The third-order valence-corrected chi connectivity index (χ3v) is 2.88. The van der Waals surface area contributed by atoms with Gasteiger partial charge in [0.1, 0.15) is 0 Å². The summed E-state index contributed by atoms with van der Waals surface area (Å²) in [6.45, 7) is 6.56. The Morgan fingerprint density at radius 2 is 2.13 bits per heavy atom. The Labute approximate surface area is 90.7 Å². The van der Waals surface area contributed by atoms with Crippen molar-refractivity contribution in [3.05, 3.63) is 0 Å². The maximum absolute atomic E-state index is 10.8. The molecule has 0 aromatic rings. The first-order valence-electron chi connectivity index (χ1n) is 5.42. The second-order valence-electron chi connectivity index (χ2n) is 5.61. The summed E-state index contributed by atoms with van der Waals surface area (Å²) in [4.78, 5) is 10.8. The Bertz CT molecular complexity index is 247. The molecule has 0 amide bonds. The number of aliphatic hydroxyl groups is 1. The van der Waals surface area contributed by atoms with Crippen LogP contribution in [0.3, 0.4) is 0 Å². The first kappa shape index (κ1) is 12.5. The van der Waals surface area contributed by atoms with Crippen LogP contribution in [0, 0.1) is 5.92 Å². The lowest BCUT2D eigenvalue weighted by Crippen LogP contribution is -2.46. The summed E-state index contributed by atoms with van der Waals surface area (Å²) in [6.07, 6.45) is 1.52. The molecule has 2 atom stereocenters. The number of aliphatic carboxylic acids is 1. The quantitative estimate of drug-likeness (QED) is 0.656. The summed E-state index contributed by atoms with van der Waals surface area (Å²) in [7, 11) is 0. The fourth-order valence-corrected chi connectivity index (χ4v) is 1.91. The number of hydrogen-bond donors (Lipinski definition) is 3. The maximum atomic E-state index is 10.8. The third-order valence-electron chi connectivity index (χ3n) is 2.88. The van der Waals surface area contributed by atoms with Crippen LogP contribution < -0.4 is 5.32 Å². The van der Waals surface area contributed by atoms with Gasteiger partial charge < -0.3 is 15.5 Å². The van der Waals surface area contributed by atoms with Crippen LogP contribution in [0.15, 0.2) is 0 Å². The zero-order chi connectivity index (χ0) is 11.7. The first-order chi connectivity index (χ1) is 6.72. The van der Waals surface area contributed by atoms with Gasteiger partial charge in [0.25, 0.3) is 0 Å². The molecule has 0 aliphatic heterocycles. The molecule has 0 spiro atoms. The molecule has 1 aliphatic carbocycles. The van der Waals surface area contributed by atoms with Crippen molar-refractivity contribution in [2.45, 2.75) is 51.2 Å². The highest BCUT2D eigenvalue weighted by Gasteiger charge is 2.40. The molecule has 1 saturated carbocycles. The van der Waals surface area contributed by atoms with Crippen molar-refractivity contribution in [2.75, 3.05) is 6.54 Å². The smallest absolute Gasteiger partial charge is 0.306 e. The Hall–Kier alpha value is -0.610. The lowest BCUT2D eigenvalue weighted by Gasteiger charge is -2.29. The average molecular weight is 215 g/mol. The molecule has 1 rings (SSSR count). The van der Waals surface area contributed by atoms with Crippen molar-refractivity contribution >= 4 is 5.97 Å². The van der Waals surface area contributed by atoms with E-state index in [0.29, 0.717) is 25.8 Å². The molecule has 0 radical (unpaired) electrons. The predicted octanol–water partition coefficient (Wildman–Crippen LogP) is 0.990. The lowest BCUT2D eigenvalue weighted by molar-refractivity contribution is -0.142. The van der Waals surface area contributed by atoms with E-state index in [9.17, 15) is 9.90 Å². The zero-order valence-corrected chi connectivity index (χ0v) is 9.71. The van der Waals surface area contributed by atoms with Crippen molar-refractivity contribution in [3.63, 3.8) is 0 Å². The van der Waals surface area contributed by atoms with Gasteiger partial charge in [-0.3, -0.25) is 4.79 Å². The minimum atomic E-state index is -0.837. The van der Waals surface area contributed by atoms with Crippen LogP contribution in [0.5, 0.6) is 0 Å². The van der Waals surface area contributed by atoms with E-state index < -0.39 is 11.6 Å². The largest absolute Gasteiger partial charge is 0.481 e. The van der Waals surface area contributed by atoms with Gasteiger partial charge in [-0.15, -0.1) is 0 Å². The normalized spacial score (nSPS) is 31.9. The number of rotatable bonds is 3. The van der Waals surface area contributed by atoms with Crippen molar-refractivity contribution in [2.24, 2.45) is 5.92 Å². The number of carboxylic acids is 1. The van der Waals surface area contributed by atoms with Crippen molar-refractivity contribution in [3.8, 4) is 0 Å². The summed E-state index contributed by atoms with van der Waals surface area (Å²) < 4.78 is 0. The SMILES string of the molecule is CC(C)(C)NCC1(O)CCC(C(=O)O)C1. The van der Waals surface area contributed by atoms with Crippen LogP contribution in [0.4, 0.5) is 0 Å². The van der Waals surface area contributed by atoms with Crippen molar-refractivity contribution in [1.29, 1.82) is 0 Å². The molecule has 0 bridgehead atoms. The van der Waals surface area contributed by atoms with Crippen LogP contribution in [0.1, 0.15) is 40.0 Å². The molecule has 0 aromatic heterocycles. The fraction of sp³-hybridized carbons (Fsp3) is 0.909. The van der Waals surface area contributed by atoms with E-state index in [-0.39, 0.29) is 11.5 Å². The molecule has 2 unspecified atom stereocenters. The van der Waals surface area contributed by atoms with Crippen LogP contribution >= 0.6 is 0 Å². The summed E-state index contributed by atoms with van der Waals surface area (Å²) in [5.41, 5.74) is -0.882. The number of nitrogens with one attached hydrogen (secondary N) is 1. The molecular weight excluding hydrogens is 194 g/mol. The highest BCUT2D eigenvalue weighted by Crippen LogP contribution is 2.34. The molecular formula is C11H21NO3. The van der Waals surface area contributed by atoms with Crippen molar-refractivity contribution < 1.29 is 15.0 Å². The van der Waals surface area contributed by atoms with Gasteiger partial charge in [0, 0.05) is 12.1 Å². The Morgan fingerprint density at radius 1 is 1.53 bits per heavy atom. The number of hydrogen-bond acceptors (Lipinski definition) is 3. The number of carboxylic acid groups (broad SMARTS) is 1. The molecule has 4 heteroatoms. The van der Waals surface area contributed by atoms with E-state index in [0.717, 1.165) is 0 Å². The van der Waals surface area contributed by atoms with Gasteiger partial charge in [0.15, 0.2) is 0 Å². The minimum absolute atomic E-state index is 0.0446. The highest BCUT2D eigenvalue weighted by atomic mass is 16.4. The van der Waals surface area contributed by atoms with Crippen LogP contribution in [0.25, 0.3) is 0 Å².